The van der Waals surface area contributed by atoms with Gasteiger partial charge in [0.2, 0.25) is 0 Å². The Kier molecular flexibility index (Phi) is 8.13. The summed E-state index contributed by atoms with van der Waals surface area (Å²) in [6.07, 6.45) is 0. The van der Waals surface area contributed by atoms with Crippen LogP contribution in [0.25, 0.3) is 111 Å². The lowest BCUT2D eigenvalue weighted by Gasteiger charge is -2.11. The van der Waals surface area contributed by atoms with Crippen molar-refractivity contribution in [2.75, 3.05) is 0 Å². The van der Waals surface area contributed by atoms with E-state index >= 15 is 0 Å². The lowest BCUT2D eigenvalue weighted by Crippen LogP contribution is -2.00. The average molecular weight is 753 g/mol. The van der Waals surface area contributed by atoms with Gasteiger partial charge in [-0.3, -0.25) is 0 Å². The molecule has 0 radical (unpaired) electrons. The maximum Gasteiger partial charge on any atom is 0.164 e. The monoisotopic (exact) mass is 752 g/mol. The van der Waals surface area contributed by atoms with E-state index < -0.39 is 0 Å². The Morgan fingerprint density at radius 2 is 0.915 bits per heavy atom. The molecule has 0 unspecified atom stereocenters. The van der Waals surface area contributed by atoms with E-state index in [0.717, 1.165) is 71.8 Å². The maximum atomic E-state index is 9.88. The molecule has 0 saturated heterocycles. The molecule has 0 amide bonds. The summed E-state index contributed by atoms with van der Waals surface area (Å²) < 4.78 is 6.59. The topological polar surface area (TPSA) is 75.6 Å². The Morgan fingerprint density at radius 3 is 1.73 bits per heavy atom. The van der Waals surface area contributed by atoms with E-state index in [4.69, 9.17) is 19.4 Å². The standard InChI is InChI=1S/C54H32N4O/c55-33-43-14-5-6-19-44(43)37-16-9-18-40(30-37)52-56-53(41-25-27-46-39(31-41)24-23-35-13-4-7-20-45(35)46)58-54(57-52)42-26-28-48-50(32-42)59-49-22-10-21-47(51(48)49)38-17-8-15-36(29-38)34-11-2-1-3-12-34/h1-32H. The van der Waals surface area contributed by atoms with Crippen molar-refractivity contribution >= 4 is 43.5 Å². The van der Waals surface area contributed by atoms with Gasteiger partial charge in [0.15, 0.2) is 17.5 Å². The summed E-state index contributed by atoms with van der Waals surface area (Å²) in [5, 5.41) is 16.6. The van der Waals surface area contributed by atoms with Gasteiger partial charge in [-0.2, -0.15) is 5.26 Å². The lowest BCUT2D eigenvalue weighted by molar-refractivity contribution is 0.669. The molecule has 9 aromatic carbocycles. The predicted molar refractivity (Wildman–Crippen MR) is 239 cm³/mol. The van der Waals surface area contributed by atoms with Crippen LogP contribution in [0, 0.1) is 11.3 Å². The summed E-state index contributed by atoms with van der Waals surface area (Å²) in [5.41, 5.74) is 11.0. The Morgan fingerprint density at radius 1 is 0.356 bits per heavy atom. The molecule has 5 nitrogen and oxygen atoms in total. The third-order valence-electron chi connectivity index (χ3n) is 11.2. The van der Waals surface area contributed by atoms with E-state index in [9.17, 15) is 5.26 Å². The summed E-state index contributed by atoms with van der Waals surface area (Å²) >= 11 is 0. The van der Waals surface area contributed by atoms with Crippen LogP contribution < -0.4 is 0 Å². The minimum atomic E-state index is 0.532. The van der Waals surface area contributed by atoms with Crippen LogP contribution in [0.2, 0.25) is 0 Å². The van der Waals surface area contributed by atoms with Crippen molar-refractivity contribution in [3.05, 3.63) is 200 Å². The molecule has 59 heavy (non-hydrogen) atoms. The first kappa shape index (κ1) is 34.1. The molecule has 0 aliphatic carbocycles. The molecule has 0 saturated carbocycles. The Labute approximate surface area is 340 Å². The van der Waals surface area contributed by atoms with Gasteiger partial charge >= 0.3 is 0 Å². The molecule has 0 fully saturated rings. The van der Waals surface area contributed by atoms with Gasteiger partial charge in [0.05, 0.1) is 11.6 Å². The molecule has 0 aliphatic heterocycles. The number of hydrogen-bond acceptors (Lipinski definition) is 5. The molecule has 11 aromatic rings. The molecular formula is C54H32N4O. The van der Waals surface area contributed by atoms with Crippen LogP contribution in [0.4, 0.5) is 0 Å². The second-order valence-corrected chi connectivity index (χ2v) is 14.7. The molecular weight excluding hydrogens is 721 g/mol. The Balaban J connectivity index is 1.06. The lowest BCUT2D eigenvalue weighted by atomic mass is 9.96. The number of furan rings is 1. The fourth-order valence-corrected chi connectivity index (χ4v) is 8.28. The molecule has 11 rings (SSSR count). The van der Waals surface area contributed by atoms with Crippen LogP contribution in [0.5, 0.6) is 0 Å². The van der Waals surface area contributed by atoms with Crippen LogP contribution in [0.1, 0.15) is 5.56 Å². The second-order valence-electron chi connectivity index (χ2n) is 14.7. The van der Waals surface area contributed by atoms with E-state index in [-0.39, 0.29) is 0 Å². The average Bonchev–Trinajstić information content (AvgIpc) is 3.70. The summed E-state index contributed by atoms with van der Waals surface area (Å²) in [6.45, 7) is 0. The third-order valence-corrected chi connectivity index (χ3v) is 11.2. The highest BCUT2D eigenvalue weighted by Crippen LogP contribution is 2.40. The summed E-state index contributed by atoms with van der Waals surface area (Å²) in [4.78, 5) is 15.4. The van der Waals surface area contributed by atoms with E-state index in [0.29, 0.717) is 23.0 Å². The van der Waals surface area contributed by atoms with Gasteiger partial charge in [-0.05, 0) is 97.4 Å². The van der Waals surface area contributed by atoms with E-state index in [1.54, 1.807) is 0 Å². The van der Waals surface area contributed by atoms with Gasteiger partial charge < -0.3 is 4.42 Å². The van der Waals surface area contributed by atoms with E-state index in [2.05, 4.69) is 133 Å². The number of nitriles is 1. The highest BCUT2D eigenvalue weighted by atomic mass is 16.3. The largest absolute Gasteiger partial charge is 0.456 e. The number of rotatable bonds is 6. The van der Waals surface area contributed by atoms with Gasteiger partial charge in [0, 0.05) is 27.5 Å². The van der Waals surface area contributed by atoms with Gasteiger partial charge in [0.25, 0.3) is 0 Å². The van der Waals surface area contributed by atoms with Crippen molar-refractivity contribution in [2.45, 2.75) is 0 Å². The van der Waals surface area contributed by atoms with E-state index in [1.807, 2.05) is 66.7 Å². The molecule has 0 aliphatic rings. The highest BCUT2D eigenvalue weighted by Gasteiger charge is 2.18. The quantitative estimate of drug-likeness (QED) is 0.158. The van der Waals surface area contributed by atoms with Gasteiger partial charge in [0.1, 0.15) is 11.2 Å². The van der Waals surface area contributed by atoms with E-state index in [1.165, 1.54) is 21.7 Å². The number of hydrogen-bond donors (Lipinski definition) is 0. The number of nitrogens with zero attached hydrogens (tertiary/aromatic N) is 4. The van der Waals surface area contributed by atoms with Crippen molar-refractivity contribution in [3.63, 3.8) is 0 Å². The SMILES string of the molecule is N#Cc1ccccc1-c1cccc(-c2nc(-c3ccc4c(ccc5ccccc54)c3)nc(-c3ccc4c(c3)oc3cccc(-c5cccc(-c6ccccc6)c5)c34)n2)c1. The summed E-state index contributed by atoms with van der Waals surface area (Å²) in [5.74, 6) is 1.63. The van der Waals surface area contributed by atoms with Gasteiger partial charge in [-0.15, -0.1) is 0 Å². The van der Waals surface area contributed by atoms with Gasteiger partial charge in [-0.25, -0.2) is 15.0 Å². The molecule has 0 atom stereocenters. The fourth-order valence-electron chi connectivity index (χ4n) is 8.28. The zero-order valence-corrected chi connectivity index (χ0v) is 31.7. The molecule has 5 heteroatoms. The Bertz CT molecular complexity index is 3470. The van der Waals surface area contributed by atoms with Crippen molar-refractivity contribution in [1.29, 1.82) is 5.26 Å². The fraction of sp³-hybridized carbons (Fsp3) is 0. The Hall–Kier alpha value is -8.20. The highest BCUT2D eigenvalue weighted by molar-refractivity contribution is 6.13. The van der Waals surface area contributed by atoms with Crippen molar-refractivity contribution in [3.8, 4) is 73.6 Å². The second kappa shape index (κ2) is 14.1. The predicted octanol–water partition coefficient (Wildman–Crippen LogP) is 14.0. The van der Waals surface area contributed by atoms with Crippen LogP contribution >= 0.6 is 0 Å². The first-order chi connectivity index (χ1) is 29.2. The first-order valence-corrected chi connectivity index (χ1v) is 19.6. The summed E-state index contributed by atoms with van der Waals surface area (Å²) in [6, 6.07) is 68.7. The maximum absolute atomic E-state index is 9.88. The van der Waals surface area contributed by atoms with Gasteiger partial charge in [-0.1, -0.05) is 152 Å². The molecule has 0 N–H and O–H groups in total. The molecule has 0 spiro atoms. The van der Waals surface area contributed by atoms with Crippen LogP contribution in [0.3, 0.4) is 0 Å². The zero-order valence-electron chi connectivity index (χ0n) is 31.7. The molecule has 2 heterocycles. The van der Waals surface area contributed by atoms with Crippen LogP contribution in [0.15, 0.2) is 199 Å². The van der Waals surface area contributed by atoms with Crippen molar-refractivity contribution in [2.24, 2.45) is 0 Å². The van der Waals surface area contributed by atoms with Crippen molar-refractivity contribution < 1.29 is 4.42 Å². The van der Waals surface area contributed by atoms with Crippen LogP contribution in [-0.4, -0.2) is 15.0 Å². The third kappa shape index (κ3) is 6.08. The molecule has 0 bridgehead atoms. The number of fused-ring (bicyclic) bond motifs is 6. The van der Waals surface area contributed by atoms with Crippen LogP contribution in [-0.2, 0) is 0 Å². The smallest absolute Gasteiger partial charge is 0.164 e. The van der Waals surface area contributed by atoms with Crippen molar-refractivity contribution in [1.82, 2.24) is 15.0 Å². The normalized spacial score (nSPS) is 11.4. The minimum Gasteiger partial charge on any atom is -0.456 e. The summed E-state index contributed by atoms with van der Waals surface area (Å²) in [7, 11) is 0. The number of aromatic nitrogens is 3. The minimum absolute atomic E-state index is 0.532. The zero-order chi connectivity index (χ0) is 39.3. The number of benzene rings is 9. The molecule has 274 valence electrons. The molecule has 2 aromatic heterocycles. The first-order valence-electron chi connectivity index (χ1n) is 19.6.